The molecule has 0 saturated heterocycles. The Hall–Kier alpha value is -2.12. The van der Waals surface area contributed by atoms with Gasteiger partial charge in [-0.25, -0.2) is 4.79 Å². The monoisotopic (exact) mass is 326 g/mol. The molecule has 8 heteroatoms. The van der Waals surface area contributed by atoms with Crippen LogP contribution < -0.4 is 5.32 Å². The zero-order valence-corrected chi connectivity index (χ0v) is 12.3. The van der Waals surface area contributed by atoms with E-state index in [2.05, 4.69) is 5.32 Å². The number of thiophene rings is 1. The largest absolute Gasteiger partial charge is 0.477 e. The number of hydrogen-bond donors (Lipinski definition) is 2. The zero-order chi connectivity index (χ0) is 15.4. The highest BCUT2D eigenvalue weighted by Gasteiger charge is 2.23. The van der Waals surface area contributed by atoms with Crippen molar-refractivity contribution in [2.75, 3.05) is 11.9 Å². The highest BCUT2D eigenvalue weighted by Crippen LogP contribution is 2.29. The molecule has 0 radical (unpaired) electrons. The molecule has 2 rings (SSSR count). The summed E-state index contributed by atoms with van der Waals surface area (Å²) in [6.45, 7) is 0.445. The Kier molecular flexibility index (Phi) is 4.77. The van der Waals surface area contributed by atoms with E-state index in [1.807, 2.05) is 6.07 Å². The van der Waals surface area contributed by atoms with Gasteiger partial charge in [0, 0.05) is 11.4 Å². The average Bonchev–Trinajstić information content (AvgIpc) is 2.83. The fourth-order valence-electron chi connectivity index (χ4n) is 1.86. The van der Waals surface area contributed by atoms with E-state index >= 15 is 0 Å². The molecule has 0 amide bonds. The van der Waals surface area contributed by atoms with Gasteiger partial charge in [-0.05, 0) is 30.7 Å². The first-order chi connectivity index (χ1) is 9.99. The maximum absolute atomic E-state index is 11.1. The van der Waals surface area contributed by atoms with Crippen molar-refractivity contribution in [2.24, 2.45) is 0 Å². The highest BCUT2D eigenvalue weighted by atomic mass is 35.5. The van der Waals surface area contributed by atoms with Crippen LogP contribution in [0, 0.1) is 10.1 Å². The van der Waals surface area contributed by atoms with Gasteiger partial charge in [0.25, 0.3) is 0 Å². The minimum absolute atomic E-state index is 0.197. The minimum atomic E-state index is -1.32. The third-order valence-electron chi connectivity index (χ3n) is 2.76. The molecule has 1 aromatic heterocycles. The van der Waals surface area contributed by atoms with Crippen LogP contribution in [0.4, 0.5) is 11.4 Å². The molecule has 0 unspecified atom stereocenters. The molecule has 0 aliphatic carbocycles. The minimum Gasteiger partial charge on any atom is -0.477 e. The summed E-state index contributed by atoms with van der Waals surface area (Å²) < 4.78 is 0.684. The van der Waals surface area contributed by atoms with Crippen LogP contribution >= 0.6 is 22.9 Å². The van der Waals surface area contributed by atoms with Crippen LogP contribution in [0.2, 0.25) is 4.34 Å². The van der Waals surface area contributed by atoms with Crippen LogP contribution in [0.3, 0.4) is 0 Å². The molecule has 110 valence electrons. The van der Waals surface area contributed by atoms with E-state index in [-0.39, 0.29) is 11.3 Å². The average molecular weight is 327 g/mol. The number of carboxylic acid groups (broad SMARTS) is 1. The first kappa shape index (κ1) is 15.3. The predicted octanol–water partition coefficient (Wildman–Crippen LogP) is 3.66. The molecule has 0 spiro atoms. The van der Waals surface area contributed by atoms with Crippen LogP contribution in [0.1, 0.15) is 15.2 Å². The fourth-order valence-corrected chi connectivity index (χ4v) is 2.95. The van der Waals surface area contributed by atoms with Crippen molar-refractivity contribution in [3.05, 3.63) is 55.2 Å². The first-order valence-electron chi connectivity index (χ1n) is 5.98. The predicted molar refractivity (Wildman–Crippen MR) is 81.6 cm³/mol. The van der Waals surface area contributed by atoms with Crippen LogP contribution in [-0.4, -0.2) is 22.5 Å². The van der Waals surface area contributed by atoms with E-state index in [9.17, 15) is 14.9 Å². The second-order valence-corrected chi connectivity index (χ2v) is 5.95. The molecular formula is C13H11ClN2O4S. The van der Waals surface area contributed by atoms with Crippen molar-refractivity contribution < 1.29 is 14.8 Å². The third kappa shape index (κ3) is 3.71. The van der Waals surface area contributed by atoms with Gasteiger partial charge in [0.2, 0.25) is 0 Å². The summed E-state index contributed by atoms with van der Waals surface area (Å²) in [4.78, 5) is 22.5. The van der Waals surface area contributed by atoms with E-state index in [4.69, 9.17) is 16.7 Å². The Morgan fingerprint density at radius 3 is 2.71 bits per heavy atom. The van der Waals surface area contributed by atoms with E-state index in [1.54, 1.807) is 6.07 Å². The molecule has 0 atom stereocenters. The molecule has 21 heavy (non-hydrogen) atoms. The lowest BCUT2D eigenvalue weighted by atomic mass is 10.1. The summed E-state index contributed by atoms with van der Waals surface area (Å²) in [5.74, 6) is -1.32. The summed E-state index contributed by atoms with van der Waals surface area (Å²) >= 11 is 7.26. The molecule has 0 aliphatic heterocycles. The van der Waals surface area contributed by atoms with Crippen molar-refractivity contribution in [3.8, 4) is 0 Å². The van der Waals surface area contributed by atoms with E-state index in [1.165, 1.54) is 29.5 Å². The number of carboxylic acids is 1. The van der Waals surface area contributed by atoms with Crippen LogP contribution in [0.15, 0.2) is 30.3 Å². The standard InChI is InChI=1S/C13H11ClN2O4S/c14-11-5-4-8(21-11)6-7-15-10-3-1-2-9(13(17)18)12(10)16(19)20/h1-5,15H,6-7H2,(H,17,18). The SMILES string of the molecule is O=C(O)c1cccc(NCCc2ccc(Cl)s2)c1[N+](=O)[O-]. The Balaban J connectivity index is 2.14. The lowest BCUT2D eigenvalue weighted by Crippen LogP contribution is -2.09. The fraction of sp³-hybridized carbons (Fsp3) is 0.154. The van der Waals surface area contributed by atoms with Gasteiger partial charge in [-0.3, -0.25) is 10.1 Å². The number of hydrogen-bond acceptors (Lipinski definition) is 5. The number of nitro groups is 1. The molecule has 0 saturated carbocycles. The number of rotatable bonds is 6. The Labute approximate surface area is 129 Å². The van der Waals surface area contributed by atoms with E-state index in [0.717, 1.165) is 4.88 Å². The molecule has 0 fully saturated rings. The molecular weight excluding hydrogens is 316 g/mol. The van der Waals surface area contributed by atoms with Gasteiger partial charge in [0.15, 0.2) is 0 Å². The van der Waals surface area contributed by atoms with E-state index < -0.39 is 16.6 Å². The van der Waals surface area contributed by atoms with Gasteiger partial charge in [-0.15, -0.1) is 11.3 Å². The number of para-hydroxylation sites is 1. The molecule has 1 heterocycles. The van der Waals surface area contributed by atoms with Gasteiger partial charge in [-0.1, -0.05) is 17.7 Å². The summed E-state index contributed by atoms with van der Waals surface area (Å²) in [7, 11) is 0. The lowest BCUT2D eigenvalue weighted by Gasteiger charge is -2.08. The second-order valence-electron chi connectivity index (χ2n) is 4.15. The number of nitrogens with one attached hydrogen (secondary N) is 1. The smallest absolute Gasteiger partial charge is 0.342 e. The number of nitro benzene ring substituents is 1. The molecule has 2 N–H and O–H groups in total. The summed E-state index contributed by atoms with van der Waals surface area (Å²) in [5, 5.41) is 23.0. The number of benzene rings is 1. The first-order valence-corrected chi connectivity index (χ1v) is 7.17. The van der Waals surface area contributed by atoms with Crippen molar-refractivity contribution >= 4 is 40.3 Å². The second kappa shape index (κ2) is 6.55. The van der Waals surface area contributed by atoms with E-state index in [0.29, 0.717) is 17.3 Å². The Morgan fingerprint density at radius 2 is 2.14 bits per heavy atom. The zero-order valence-electron chi connectivity index (χ0n) is 10.7. The number of anilines is 1. The quantitative estimate of drug-likeness (QED) is 0.624. The number of carbonyl (C=O) groups is 1. The third-order valence-corrected chi connectivity index (χ3v) is 4.06. The van der Waals surface area contributed by atoms with Crippen molar-refractivity contribution in [2.45, 2.75) is 6.42 Å². The van der Waals surface area contributed by atoms with Gasteiger partial charge in [0.1, 0.15) is 11.3 Å². The summed E-state index contributed by atoms with van der Waals surface area (Å²) in [5.41, 5.74) is -0.555. The maximum Gasteiger partial charge on any atom is 0.342 e. The number of halogens is 1. The topological polar surface area (TPSA) is 92.5 Å². The Morgan fingerprint density at radius 1 is 1.38 bits per heavy atom. The van der Waals surface area contributed by atoms with Gasteiger partial charge in [0.05, 0.1) is 9.26 Å². The molecule has 0 bridgehead atoms. The van der Waals surface area contributed by atoms with Crippen molar-refractivity contribution in [1.82, 2.24) is 0 Å². The molecule has 1 aromatic carbocycles. The van der Waals surface area contributed by atoms with Crippen molar-refractivity contribution in [3.63, 3.8) is 0 Å². The number of nitrogens with zero attached hydrogens (tertiary/aromatic N) is 1. The summed E-state index contributed by atoms with van der Waals surface area (Å²) in [6, 6.07) is 7.85. The van der Waals surface area contributed by atoms with Crippen LogP contribution in [0.5, 0.6) is 0 Å². The van der Waals surface area contributed by atoms with Gasteiger partial charge >= 0.3 is 11.7 Å². The van der Waals surface area contributed by atoms with Crippen LogP contribution in [-0.2, 0) is 6.42 Å². The van der Waals surface area contributed by atoms with Gasteiger partial charge < -0.3 is 10.4 Å². The van der Waals surface area contributed by atoms with Gasteiger partial charge in [-0.2, -0.15) is 0 Å². The Bertz CT molecular complexity index is 687. The molecule has 0 aliphatic rings. The lowest BCUT2D eigenvalue weighted by molar-refractivity contribution is -0.384. The maximum atomic E-state index is 11.1. The molecule has 2 aromatic rings. The van der Waals surface area contributed by atoms with Crippen LogP contribution in [0.25, 0.3) is 0 Å². The highest BCUT2D eigenvalue weighted by molar-refractivity contribution is 7.16. The summed E-state index contributed by atoms with van der Waals surface area (Å²) in [6.07, 6.45) is 0.645. The number of aromatic carboxylic acids is 1. The molecule has 6 nitrogen and oxygen atoms in total. The normalized spacial score (nSPS) is 10.3. The van der Waals surface area contributed by atoms with Crippen molar-refractivity contribution in [1.29, 1.82) is 0 Å².